The van der Waals surface area contributed by atoms with Crippen molar-refractivity contribution in [1.29, 1.82) is 0 Å². The van der Waals surface area contributed by atoms with Crippen molar-refractivity contribution in [1.82, 2.24) is 20.9 Å². The largest absolute Gasteiger partial charge is 0.361 e. The molecule has 31 heavy (non-hydrogen) atoms. The molecule has 2 unspecified atom stereocenters. The number of carbonyl (C=O) groups excluding carboxylic acids is 2. The molecular weight excluding hydrogens is 388 g/mol. The number of benzene rings is 2. The molecule has 0 spiro atoms. The number of imide groups is 1. The maximum absolute atomic E-state index is 12.5. The van der Waals surface area contributed by atoms with Crippen molar-refractivity contribution in [2.75, 3.05) is 6.54 Å². The van der Waals surface area contributed by atoms with E-state index in [-0.39, 0.29) is 17.9 Å². The summed E-state index contributed by atoms with van der Waals surface area (Å²) in [5, 5.41) is 9.87. The van der Waals surface area contributed by atoms with Crippen LogP contribution in [0.4, 0.5) is 4.79 Å². The molecule has 2 atom stereocenters. The predicted molar refractivity (Wildman–Crippen MR) is 123 cm³/mol. The lowest BCUT2D eigenvalue weighted by Crippen LogP contribution is -2.50. The van der Waals surface area contributed by atoms with Gasteiger partial charge >= 0.3 is 6.03 Å². The highest BCUT2D eigenvalue weighted by Gasteiger charge is 2.23. The van der Waals surface area contributed by atoms with Crippen molar-refractivity contribution in [2.24, 2.45) is 0 Å². The van der Waals surface area contributed by atoms with Crippen molar-refractivity contribution >= 4 is 22.8 Å². The molecule has 1 aliphatic rings. The summed E-state index contributed by atoms with van der Waals surface area (Å²) in [5.41, 5.74) is 3.44. The van der Waals surface area contributed by atoms with E-state index >= 15 is 0 Å². The molecular formula is C25H30N4O2. The number of fused-ring (bicyclic) bond motifs is 1. The fourth-order valence-corrected chi connectivity index (χ4v) is 4.37. The summed E-state index contributed by atoms with van der Waals surface area (Å²) < 4.78 is 0. The van der Waals surface area contributed by atoms with Gasteiger partial charge < -0.3 is 15.6 Å². The lowest BCUT2D eigenvalue weighted by Gasteiger charge is -2.21. The molecule has 2 aromatic carbocycles. The van der Waals surface area contributed by atoms with E-state index in [9.17, 15) is 9.59 Å². The average molecular weight is 419 g/mol. The minimum absolute atomic E-state index is 0.0694. The molecule has 0 radical (unpaired) electrons. The standard InChI is InChI=1S/C25H30N4O2/c1-17(24(30)29-25(31)28-19-11-5-6-12-19)26-15-21(18-9-3-2-4-10-18)22-16-27-23-14-8-7-13-20(22)23/h2-4,7-10,13-14,16-17,19,21,26-27H,5-6,11-12,15H2,1H3,(H2,28,29,30,31). The van der Waals surface area contributed by atoms with Crippen LogP contribution in [-0.4, -0.2) is 35.6 Å². The second kappa shape index (κ2) is 9.79. The Labute approximate surface area is 182 Å². The maximum Gasteiger partial charge on any atom is 0.321 e. The number of para-hydroxylation sites is 1. The highest BCUT2D eigenvalue weighted by Crippen LogP contribution is 2.30. The first kappa shape index (κ1) is 21.1. The minimum atomic E-state index is -0.495. The fourth-order valence-electron chi connectivity index (χ4n) is 4.37. The molecule has 1 fully saturated rings. The van der Waals surface area contributed by atoms with Crippen molar-refractivity contribution < 1.29 is 9.59 Å². The van der Waals surface area contributed by atoms with E-state index < -0.39 is 12.1 Å². The van der Waals surface area contributed by atoms with Gasteiger partial charge in [-0.25, -0.2) is 4.79 Å². The second-order valence-corrected chi connectivity index (χ2v) is 8.33. The first-order valence-electron chi connectivity index (χ1n) is 11.1. The lowest BCUT2D eigenvalue weighted by molar-refractivity contribution is -0.121. The van der Waals surface area contributed by atoms with Crippen molar-refractivity contribution in [3.05, 3.63) is 71.9 Å². The van der Waals surface area contributed by atoms with Gasteiger partial charge in [0.05, 0.1) is 6.04 Å². The van der Waals surface area contributed by atoms with E-state index in [0.29, 0.717) is 6.54 Å². The Kier molecular flexibility index (Phi) is 6.67. The van der Waals surface area contributed by atoms with Crippen molar-refractivity contribution in [2.45, 2.75) is 50.6 Å². The molecule has 3 amide bonds. The van der Waals surface area contributed by atoms with Crippen molar-refractivity contribution in [3.8, 4) is 0 Å². The number of hydrogen-bond acceptors (Lipinski definition) is 3. The fraction of sp³-hybridized carbons (Fsp3) is 0.360. The number of amides is 3. The molecule has 4 rings (SSSR count). The van der Waals surface area contributed by atoms with Crippen LogP contribution < -0.4 is 16.0 Å². The lowest BCUT2D eigenvalue weighted by atomic mass is 9.90. The Bertz CT molecular complexity index is 1020. The maximum atomic E-state index is 12.5. The van der Waals surface area contributed by atoms with E-state index in [2.05, 4.69) is 45.2 Å². The first-order valence-corrected chi connectivity index (χ1v) is 11.1. The molecule has 4 N–H and O–H groups in total. The Hall–Kier alpha value is -3.12. The average Bonchev–Trinajstić information content (AvgIpc) is 3.44. The van der Waals surface area contributed by atoms with E-state index in [1.807, 2.05) is 36.5 Å². The second-order valence-electron chi connectivity index (χ2n) is 8.33. The van der Waals surface area contributed by atoms with Gasteiger partial charge in [0.25, 0.3) is 0 Å². The van der Waals surface area contributed by atoms with Gasteiger partial charge in [0.1, 0.15) is 0 Å². The Morgan fingerprint density at radius 1 is 1.03 bits per heavy atom. The first-order chi connectivity index (χ1) is 15.1. The number of aromatic amines is 1. The van der Waals surface area contributed by atoms with Crippen LogP contribution in [0.15, 0.2) is 60.8 Å². The number of hydrogen-bond donors (Lipinski definition) is 4. The summed E-state index contributed by atoms with van der Waals surface area (Å²) in [7, 11) is 0. The molecule has 1 aromatic heterocycles. The van der Waals surface area contributed by atoms with Gasteiger partial charge in [0.15, 0.2) is 0 Å². The van der Waals surface area contributed by atoms with Gasteiger partial charge in [0.2, 0.25) is 5.91 Å². The molecule has 6 nitrogen and oxygen atoms in total. The Balaban J connectivity index is 1.42. The SMILES string of the molecule is CC(NCC(c1ccccc1)c1c[nH]c2ccccc12)C(=O)NC(=O)NC1CCCC1. The smallest absolute Gasteiger partial charge is 0.321 e. The van der Waals surface area contributed by atoms with Gasteiger partial charge in [-0.15, -0.1) is 0 Å². The number of urea groups is 1. The van der Waals surface area contributed by atoms with Crippen molar-refractivity contribution in [3.63, 3.8) is 0 Å². The van der Waals surface area contributed by atoms with Gasteiger partial charge in [-0.05, 0) is 37.0 Å². The van der Waals surface area contributed by atoms with E-state index in [4.69, 9.17) is 0 Å². The Morgan fingerprint density at radius 2 is 1.74 bits per heavy atom. The van der Waals surface area contributed by atoms with Crippen LogP contribution >= 0.6 is 0 Å². The number of carbonyl (C=O) groups is 2. The molecule has 1 aliphatic carbocycles. The monoisotopic (exact) mass is 418 g/mol. The van der Waals surface area contributed by atoms with Gasteiger partial charge in [-0.1, -0.05) is 61.4 Å². The highest BCUT2D eigenvalue weighted by molar-refractivity contribution is 5.96. The van der Waals surface area contributed by atoms with Gasteiger partial charge in [-0.2, -0.15) is 0 Å². The predicted octanol–water partition coefficient (Wildman–Crippen LogP) is 4.05. The van der Waals surface area contributed by atoms with Gasteiger partial charge in [0, 0.05) is 35.6 Å². The molecule has 0 bridgehead atoms. The molecule has 0 saturated heterocycles. The molecule has 1 saturated carbocycles. The van der Waals surface area contributed by atoms with E-state index in [1.165, 1.54) is 16.5 Å². The third kappa shape index (κ3) is 5.14. The summed E-state index contributed by atoms with van der Waals surface area (Å²) in [4.78, 5) is 28.0. The zero-order valence-corrected chi connectivity index (χ0v) is 17.9. The summed E-state index contributed by atoms with van der Waals surface area (Å²) in [5.74, 6) is -0.249. The third-order valence-electron chi connectivity index (χ3n) is 6.15. The molecule has 3 aromatic rings. The van der Waals surface area contributed by atoms with Gasteiger partial charge in [-0.3, -0.25) is 10.1 Å². The van der Waals surface area contributed by atoms with E-state index in [0.717, 1.165) is 31.2 Å². The zero-order chi connectivity index (χ0) is 21.6. The zero-order valence-electron chi connectivity index (χ0n) is 17.9. The van der Waals surface area contributed by atoms with Crippen LogP contribution in [0.1, 0.15) is 49.7 Å². The summed E-state index contributed by atoms with van der Waals surface area (Å²) in [6.07, 6.45) is 6.28. The highest BCUT2D eigenvalue weighted by atomic mass is 16.2. The Morgan fingerprint density at radius 3 is 2.52 bits per heavy atom. The quantitative estimate of drug-likeness (QED) is 0.467. The molecule has 0 aliphatic heterocycles. The number of nitrogens with one attached hydrogen (secondary N) is 4. The summed E-state index contributed by atoms with van der Waals surface area (Å²) >= 11 is 0. The normalized spacial score (nSPS) is 16.2. The van der Waals surface area contributed by atoms with Crippen LogP contribution in [0.5, 0.6) is 0 Å². The minimum Gasteiger partial charge on any atom is -0.361 e. The molecule has 1 heterocycles. The molecule has 162 valence electrons. The van der Waals surface area contributed by atoms with Crippen LogP contribution in [-0.2, 0) is 4.79 Å². The van der Waals surface area contributed by atoms with Crippen LogP contribution in [0.25, 0.3) is 10.9 Å². The number of rotatable bonds is 7. The topological polar surface area (TPSA) is 86.0 Å². The summed E-state index contributed by atoms with van der Waals surface area (Å²) in [6.45, 7) is 2.36. The molecule has 6 heteroatoms. The number of H-pyrrole nitrogens is 1. The van der Waals surface area contributed by atoms with E-state index in [1.54, 1.807) is 6.92 Å². The van der Waals surface area contributed by atoms with Crippen LogP contribution in [0, 0.1) is 0 Å². The summed E-state index contributed by atoms with van der Waals surface area (Å²) in [6, 6.07) is 17.8. The third-order valence-corrected chi connectivity index (χ3v) is 6.15. The number of aromatic nitrogens is 1. The van der Waals surface area contributed by atoms with Crippen LogP contribution in [0.2, 0.25) is 0 Å². The van der Waals surface area contributed by atoms with Crippen LogP contribution in [0.3, 0.4) is 0 Å².